The fourth-order valence-electron chi connectivity index (χ4n) is 2.05. The first-order valence-electron chi connectivity index (χ1n) is 8.06. The monoisotopic (exact) mass is 391 g/mol. The molecular formula is C18H24F3NO3S. The number of halogens is 3. The highest BCUT2D eigenvalue weighted by molar-refractivity contribution is 7.90. The second-order valence-electron chi connectivity index (χ2n) is 6.80. The zero-order chi connectivity index (χ0) is 20.1. The van der Waals surface area contributed by atoms with Gasteiger partial charge in [0, 0.05) is 16.9 Å². The Bertz CT molecular complexity index is 663. The van der Waals surface area contributed by atoms with Crippen molar-refractivity contribution in [2.75, 3.05) is 6.61 Å². The molecule has 0 amide bonds. The van der Waals surface area contributed by atoms with E-state index in [1.165, 1.54) is 32.0 Å². The van der Waals surface area contributed by atoms with Crippen LogP contribution in [0.25, 0.3) is 0 Å². The minimum Gasteiger partial charge on any atom is -0.598 e. The van der Waals surface area contributed by atoms with Crippen LogP contribution in [0.3, 0.4) is 0 Å². The molecule has 1 aromatic rings. The zero-order valence-electron chi connectivity index (χ0n) is 15.4. The number of nitrogens with one attached hydrogen (secondary N) is 1. The van der Waals surface area contributed by atoms with Gasteiger partial charge in [-0.3, -0.25) is 0 Å². The molecule has 0 spiro atoms. The van der Waals surface area contributed by atoms with Crippen LogP contribution in [0.1, 0.15) is 40.2 Å². The average molecular weight is 391 g/mol. The van der Waals surface area contributed by atoms with Gasteiger partial charge in [0.1, 0.15) is 22.3 Å². The van der Waals surface area contributed by atoms with E-state index in [0.717, 1.165) is 6.07 Å². The molecule has 0 aliphatic heterocycles. The standard InChI is InChI=1S/C18H24F3NO3S/c1-6-25-16(23)14(20)11-15(21)18(5,22-26(24)17(2,3)4)12-9-7-8-10-13(12)19/h7-11,15,22H,6H2,1-5H3/b14-11-/t15-,18+,26+/m0/s1. The number of carbonyl (C=O) groups is 1. The smallest absolute Gasteiger partial charge is 0.366 e. The molecule has 1 rings (SSSR count). The van der Waals surface area contributed by atoms with Gasteiger partial charge in [-0.2, -0.15) is 4.39 Å². The highest BCUT2D eigenvalue weighted by Gasteiger charge is 2.44. The zero-order valence-corrected chi connectivity index (χ0v) is 16.3. The average Bonchev–Trinajstić information content (AvgIpc) is 2.54. The van der Waals surface area contributed by atoms with E-state index in [4.69, 9.17) is 0 Å². The lowest BCUT2D eigenvalue weighted by Crippen LogP contribution is -2.54. The molecule has 26 heavy (non-hydrogen) atoms. The summed E-state index contributed by atoms with van der Waals surface area (Å²) >= 11 is -1.79. The molecule has 0 radical (unpaired) electrons. The van der Waals surface area contributed by atoms with Gasteiger partial charge in [-0.1, -0.05) is 18.2 Å². The summed E-state index contributed by atoms with van der Waals surface area (Å²) in [5.41, 5.74) is -2.02. The van der Waals surface area contributed by atoms with E-state index in [1.807, 2.05) is 0 Å². The Kier molecular flexibility index (Phi) is 7.73. The largest absolute Gasteiger partial charge is 0.598 e. The maximum absolute atomic E-state index is 15.0. The van der Waals surface area contributed by atoms with Gasteiger partial charge in [0.05, 0.1) is 6.61 Å². The molecule has 0 saturated carbocycles. The van der Waals surface area contributed by atoms with Crippen molar-refractivity contribution in [3.05, 3.63) is 47.5 Å². The summed E-state index contributed by atoms with van der Waals surface area (Å²) in [7, 11) is 0. The van der Waals surface area contributed by atoms with Crippen LogP contribution < -0.4 is 4.72 Å². The molecule has 0 aliphatic carbocycles. The fraction of sp³-hybridized carbons (Fsp3) is 0.500. The first-order chi connectivity index (χ1) is 11.9. The van der Waals surface area contributed by atoms with Crippen LogP contribution >= 0.6 is 0 Å². The second kappa shape index (κ2) is 8.92. The lowest BCUT2D eigenvalue weighted by molar-refractivity contribution is -0.140. The molecule has 0 saturated heterocycles. The topological polar surface area (TPSA) is 61.4 Å². The van der Waals surface area contributed by atoms with Crippen molar-refractivity contribution in [1.29, 1.82) is 0 Å². The van der Waals surface area contributed by atoms with Crippen LogP contribution in [0.5, 0.6) is 0 Å². The molecule has 4 nitrogen and oxygen atoms in total. The summed E-state index contributed by atoms with van der Waals surface area (Å²) in [4.78, 5) is 11.4. The van der Waals surface area contributed by atoms with Crippen molar-refractivity contribution in [2.24, 2.45) is 0 Å². The van der Waals surface area contributed by atoms with Crippen LogP contribution in [0.2, 0.25) is 0 Å². The maximum Gasteiger partial charge on any atom is 0.366 e. The number of alkyl halides is 1. The molecule has 0 bridgehead atoms. The van der Waals surface area contributed by atoms with Gasteiger partial charge in [-0.25, -0.2) is 13.6 Å². The quantitative estimate of drug-likeness (QED) is 0.436. The Hall–Kier alpha value is -1.51. The third-order valence-electron chi connectivity index (χ3n) is 3.61. The Morgan fingerprint density at radius 3 is 2.42 bits per heavy atom. The van der Waals surface area contributed by atoms with Crippen LogP contribution in [0, 0.1) is 5.82 Å². The predicted molar refractivity (Wildman–Crippen MR) is 95.5 cm³/mol. The van der Waals surface area contributed by atoms with E-state index in [0.29, 0.717) is 6.08 Å². The molecule has 0 fully saturated rings. The molecular weight excluding hydrogens is 367 g/mol. The Balaban J connectivity index is 3.34. The van der Waals surface area contributed by atoms with Gasteiger partial charge >= 0.3 is 5.97 Å². The molecule has 0 aromatic heterocycles. The fourth-order valence-corrected chi connectivity index (χ4v) is 2.96. The summed E-state index contributed by atoms with van der Waals surface area (Å²) < 4.78 is 62.0. The van der Waals surface area contributed by atoms with Gasteiger partial charge in [-0.15, -0.1) is 4.72 Å². The molecule has 3 atom stereocenters. The molecule has 8 heteroatoms. The van der Waals surface area contributed by atoms with Crippen LogP contribution in [0.15, 0.2) is 36.2 Å². The van der Waals surface area contributed by atoms with Crippen molar-refractivity contribution in [3.63, 3.8) is 0 Å². The van der Waals surface area contributed by atoms with Crippen molar-refractivity contribution >= 4 is 17.3 Å². The number of benzene rings is 1. The van der Waals surface area contributed by atoms with E-state index < -0.39 is 45.4 Å². The van der Waals surface area contributed by atoms with Crippen LogP contribution in [-0.4, -0.2) is 28.0 Å². The van der Waals surface area contributed by atoms with E-state index in [2.05, 4.69) is 9.46 Å². The van der Waals surface area contributed by atoms with E-state index >= 15 is 4.39 Å². The maximum atomic E-state index is 15.0. The van der Waals surface area contributed by atoms with Gasteiger partial charge in [0.15, 0.2) is 0 Å². The number of rotatable bonds is 7. The third kappa shape index (κ3) is 5.49. The minimum absolute atomic E-state index is 0.0755. The van der Waals surface area contributed by atoms with Gasteiger partial charge in [0.25, 0.3) is 0 Å². The molecule has 1 aromatic carbocycles. The number of ether oxygens (including phenoxy) is 1. The SMILES string of the molecule is CCOC(=O)/C(F)=C/[C@H](F)[C@](C)(N[S@+]([O-])C(C)(C)C)c1ccccc1F. The number of carbonyl (C=O) groups excluding carboxylic acids is 1. The summed E-state index contributed by atoms with van der Waals surface area (Å²) in [5, 5.41) is 0. The Morgan fingerprint density at radius 2 is 1.92 bits per heavy atom. The Morgan fingerprint density at radius 1 is 1.35 bits per heavy atom. The lowest BCUT2D eigenvalue weighted by atomic mass is 9.87. The molecule has 0 aliphatic rings. The first kappa shape index (κ1) is 22.5. The van der Waals surface area contributed by atoms with Crippen LogP contribution in [-0.2, 0) is 26.4 Å². The normalized spacial score (nSPS) is 17.3. The summed E-state index contributed by atoms with van der Waals surface area (Å²) in [5.74, 6) is -3.51. The molecule has 146 valence electrons. The summed E-state index contributed by atoms with van der Waals surface area (Å²) in [6.07, 6.45) is -1.80. The van der Waals surface area contributed by atoms with Crippen molar-refractivity contribution in [3.8, 4) is 0 Å². The number of hydrogen-bond donors (Lipinski definition) is 1. The van der Waals surface area contributed by atoms with Crippen molar-refractivity contribution < 1.29 is 27.3 Å². The number of hydrogen-bond acceptors (Lipinski definition) is 4. The predicted octanol–water partition coefficient (Wildman–Crippen LogP) is 3.85. The summed E-state index contributed by atoms with van der Waals surface area (Å²) in [6.45, 7) is 7.62. The highest BCUT2D eigenvalue weighted by Crippen LogP contribution is 2.33. The lowest BCUT2D eigenvalue weighted by Gasteiger charge is -2.36. The van der Waals surface area contributed by atoms with E-state index in [-0.39, 0.29) is 12.2 Å². The molecule has 1 N–H and O–H groups in total. The highest BCUT2D eigenvalue weighted by atomic mass is 32.2. The molecule has 0 heterocycles. The van der Waals surface area contributed by atoms with Crippen molar-refractivity contribution in [2.45, 2.75) is 51.1 Å². The van der Waals surface area contributed by atoms with Gasteiger partial charge < -0.3 is 9.29 Å². The number of esters is 1. The van der Waals surface area contributed by atoms with Crippen LogP contribution in [0.4, 0.5) is 13.2 Å². The first-order valence-corrected chi connectivity index (χ1v) is 9.21. The third-order valence-corrected chi connectivity index (χ3v) is 5.33. The van der Waals surface area contributed by atoms with E-state index in [1.54, 1.807) is 20.8 Å². The Labute approximate surface area is 155 Å². The second-order valence-corrected chi connectivity index (χ2v) is 8.77. The minimum atomic E-state index is -2.20. The summed E-state index contributed by atoms with van der Waals surface area (Å²) in [6, 6.07) is 5.33. The van der Waals surface area contributed by atoms with Crippen molar-refractivity contribution in [1.82, 2.24) is 4.72 Å². The van der Waals surface area contributed by atoms with Gasteiger partial charge in [0.2, 0.25) is 5.83 Å². The van der Waals surface area contributed by atoms with Gasteiger partial charge in [-0.05, 0) is 46.8 Å². The van der Waals surface area contributed by atoms with E-state index in [9.17, 15) is 18.1 Å². The molecule has 0 unspecified atom stereocenters.